The number of hydrogen-bond acceptors (Lipinski definition) is 2. The fourth-order valence-corrected chi connectivity index (χ4v) is 1.83. The lowest BCUT2D eigenvalue weighted by Crippen LogP contribution is -1.99. The predicted octanol–water partition coefficient (Wildman–Crippen LogP) is 3.59. The summed E-state index contributed by atoms with van der Waals surface area (Å²) in [7, 11) is 0. The first kappa shape index (κ1) is 13.1. The van der Waals surface area contributed by atoms with Gasteiger partial charge in [-0.2, -0.15) is 0 Å². The van der Waals surface area contributed by atoms with Gasteiger partial charge in [0.25, 0.3) is 0 Å². The lowest BCUT2D eigenvalue weighted by molar-refractivity contribution is 0.0697. The van der Waals surface area contributed by atoms with Crippen LogP contribution >= 0.6 is 0 Å². The predicted molar refractivity (Wildman–Crippen MR) is 70.0 cm³/mol. The molecule has 0 saturated heterocycles. The molecule has 98 valence electrons. The molecule has 0 radical (unpaired) electrons. The van der Waals surface area contributed by atoms with Crippen LogP contribution in [0.3, 0.4) is 0 Å². The average molecular weight is 260 g/mol. The highest BCUT2D eigenvalue weighted by Gasteiger charge is 2.11. The second kappa shape index (κ2) is 5.52. The van der Waals surface area contributed by atoms with Crippen LogP contribution in [-0.4, -0.2) is 17.7 Å². The van der Waals surface area contributed by atoms with Crippen molar-refractivity contribution in [3.05, 3.63) is 53.8 Å². The van der Waals surface area contributed by atoms with E-state index in [0.29, 0.717) is 23.5 Å². The molecule has 19 heavy (non-hydrogen) atoms. The minimum absolute atomic E-state index is 0.141. The molecule has 0 saturated carbocycles. The Bertz CT molecular complexity index is 608. The molecule has 0 fully saturated rings. The largest absolute Gasteiger partial charge is 0.493 e. The highest BCUT2D eigenvalue weighted by atomic mass is 19.1. The molecule has 0 unspecified atom stereocenters. The zero-order chi connectivity index (χ0) is 13.8. The summed E-state index contributed by atoms with van der Waals surface area (Å²) in [6.45, 7) is 2.29. The van der Waals surface area contributed by atoms with Crippen LogP contribution in [0.4, 0.5) is 4.39 Å². The number of carboxylic acid groups (broad SMARTS) is 1. The van der Waals surface area contributed by atoms with E-state index in [1.54, 1.807) is 18.2 Å². The van der Waals surface area contributed by atoms with Crippen molar-refractivity contribution >= 4 is 5.97 Å². The SMILES string of the molecule is CCOc1ccc(C(=O)O)cc1-c1cccc(F)c1. The molecule has 2 aromatic rings. The summed E-state index contributed by atoms with van der Waals surface area (Å²) < 4.78 is 18.7. The molecule has 3 nitrogen and oxygen atoms in total. The van der Waals surface area contributed by atoms with E-state index in [-0.39, 0.29) is 11.4 Å². The van der Waals surface area contributed by atoms with Crippen LogP contribution in [0.25, 0.3) is 11.1 Å². The van der Waals surface area contributed by atoms with E-state index in [0.717, 1.165) is 0 Å². The van der Waals surface area contributed by atoms with Crippen LogP contribution in [0.15, 0.2) is 42.5 Å². The number of ether oxygens (including phenoxy) is 1. The maximum absolute atomic E-state index is 13.3. The topological polar surface area (TPSA) is 46.5 Å². The molecule has 1 N–H and O–H groups in total. The van der Waals surface area contributed by atoms with Crippen molar-refractivity contribution in [3.63, 3.8) is 0 Å². The first-order valence-electron chi connectivity index (χ1n) is 5.88. The molecule has 0 aliphatic carbocycles. The molecular weight excluding hydrogens is 247 g/mol. The van der Waals surface area contributed by atoms with Gasteiger partial charge in [-0.05, 0) is 42.8 Å². The van der Waals surface area contributed by atoms with Crippen molar-refractivity contribution < 1.29 is 19.0 Å². The van der Waals surface area contributed by atoms with Crippen molar-refractivity contribution in [2.75, 3.05) is 6.61 Å². The molecule has 0 aliphatic rings. The number of aromatic carboxylic acids is 1. The average Bonchev–Trinajstić information content (AvgIpc) is 2.39. The zero-order valence-corrected chi connectivity index (χ0v) is 10.4. The molecule has 0 heterocycles. The van der Waals surface area contributed by atoms with Crippen LogP contribution in [0.2, 0.25) is 0 Å². The highest BCUT2D eigenvalue weighted by Crippen LogP contribution is 2.31. The van der Waals surface area contributed by atoms with Gasteiger partial charge in [0.2, 0.25) is 0 Å². The number of halogens is 1. The van der Waals surface area contributed by atoms with Crippen molar-refractivity contribution in [3.8, 4) is 16.9 Å². The van der Waals surface area contributed by atoms with Crippen molar-refractivity contribution in [1.29, 1.82) is 0 Å². The fourth-order valence-electron chi connectivity index (χ4n) is 1.83. The Morgan fingerprint density at radius 1 is 1.26 bits per heavy atom. The van der Waals surface area contributed by atoms with E-state index in [9.17, 15) is 9.18 Å². The third-order valence-corrected chi connectivity index (χ3v) is 2.66. The molecule has 2 aromatic carbocycles. The van der Waals surface area contributed by atoms with Crippen molar-refractivity contribution in [1.82, 2.24) is 0 Å². The third kappa shape index (κ3) is 2.91. The summed E-state index contributed by atoms with van der Waals surface area (Å²) in [5, 5.41) is 9.02. The molecule has 2 rings (SSSR count). The standard InChI is InChI=1S/C15H13FO3/c1-2-19-14-7-6-11(15(17)18)9-13(14)10-4-3-5-12(16)8-10/h3-9H,2H2,1H3,(H,17,18). The van der Waals surface area contributed by atoms with E-state index >= 15 is 0 Å². The van der Waals surface area contributed by atoms with E-state index in [4.69, 9.17) is 9.84 Å². The summed E-state index contributed by atoms with van der Waals surface area (Å²) in [4.78, 5) is 11.0. The Morgan fingerprint density at radius 3 is 2.68 bits per heavy atom. The monoisotopic (exact) mass is 260 g/mol. The molecule has 0 bridgehead atoms. The Morgan fingerprint density at radius 2 is 2.05 bits per heavy atom. The highest BCUT2D eigenvalue weighted by molar-refractivity contribution is 5.90. The van der Waals surface area contributed by atoms with Crippen LogP contribution < -0.4 is 4.74 Å². The van der Waals surface area contributed by atoms with Gasteiger partial charge in [-0.15, -0.1) is 0 Å². The smallest absolute Gasteiger partial charge is 0.335 e. The number of benzene rings is 2. The van der Waals surface area contributed by atoms with Gasteiger partial charge >= 0.3 is 5.97 Å². The minimum atomic E-state index is -1.03. The number of rotatable bonds is 4. The Balaban J connectivity index is 2.57. The quantitative estimate of drug-likeness (QED) is 0.913. The Labute approximate surface area is 110 Å². The van der Waals surface area contributed by atoms with Gasteiger partial charge in [0.15, 0.2) is 0 Å². The summed E-state index contributed by atoms with van der Waals surface area (Å²) in [5.41, 5.74) is 1.30. The van der Waals surface area contributed by atoms with Crippen LogP contribution in [0.5, 0.6) is 5.75 Å². The first-order chi connectivity index (χ1) is 9.11. The third-order valence-electron chi connectivity index (χ3n) is 2.66. The number of carboxylic acids is 1. The molecule has 0 aromatic heterocycles. The van der Waals surface area contributed by atoms with Crippen LogP contribution in [0, 0.1) is 5.82 Å². The second-order valence-electron chi connectivity index (χ2n) is 3.96. The lowest BCUT2D eigenvalue weighted by Gasteiger charge is -2.11. The van der Waals surface area contributed by atoms with Gasteiger partial charge in [-0.25, -0.2) is 9.18 Å². The minimum Gasteiger partial charge on any atom is -0.493 e. The van der Waals surface area contributed by atoms with E-state index < -0.39 is 5.97 Å². The lowest BCUT2D eigenvalue weighted by atomic mass is 10.0. The summed E-state index contributed by atoms with van der Waals surface area (Å²) in [6.07, 6.45) is 0. The molecule has 0 atom stereocenters. The molecule has 0 aliphatic heterocycles. The maximum atomic E-state index is 13.3. The zero-order valence-electron chi connectivity index (χ0n) is 10.4. The van der Waals surface area contributed by atoms with E-state index in [1.165, 1.54) is 24.3 Å². The normalized spacial score (nSPS) is 10.2. The molecule has 0 spiro atoms. The van der Waals surface area contributed by atoms with Crippen molar-refractivity contribution in [2.24, 2.45) is 0 Å². The summed E-state index contributed by atoms with van der Waals surface area (Å²) in [5.74, 6) is -0.862. The van der Waals surface area contributed by atoms with Crippen molar-refractivity contribution in [2.45, 2.75) is 6.92 Å². The summed E-state index contributed by atoms with van der Waals surface area (Å²) in [6, 6.07) is 10.5. The Kier molecular flexibility index (Phi) is 3.80. The second-order valence-corrected chi connectivity index (χ2v) is 3.96. The van der Waals surface area contributed by atoms with Gasteiger partial charge in [-0.1, -0.05) is 12.1 Å². The molecular formula is C15H13FO3. The number of carbonyl (C=O) groups is 1. The Hall–Kier alpha value is -2.36. The van der Waals surface area contributed by atoms with E-state index in [2.05, 4.69) is 0 Å². The van der Waals surface area contributed by atoms with Gasteiger partial charge in [0, 0.05) is 5.56 Å². The van der Waals surface area contributed by atoms with Gasteiger partial charge < -0.3 is 9.84 Å². The van der Waals surface area contributed by atoms with Gasteiger partial charge in [-0.3, -0.25) is 0 Å². The van der Waals surface area contributed by atoms with Gasteiger partial charge in [0.1, 0.15) is 11.6 Å². The van der Waals surface area contributed by atoms with Crippen LogP contribution in [0.1, 0.15) is 17.3 Å². The fraction of sp³-hybridized carbons (Fsp3) is 0.133. The molecule has 0 amide bonds. The first-order valence-corrected chi connectivity index (χ1v) is 5.88. The van der Waals surface area contributed by atoms with Crippen LogP contribution in [-0.2, 0) is 0 Å². The van der Waals surface area contributed by atoms with E-state index in [1.807, 2.05) is 6.92 Å². The number of hydrogen-bond donors (Lipinski definition) is 1. The molecule has 4 heteroatoms. The van der Waals surface area contributed by atoms with Gasteiger partial charge in [0.05, 0.1) is 12.2 Å². The maximum Gasteiger partial charge on any atom is 0.335 e. The summed E-state index contributed by atoms with van der Waals surface area (Å²) >= 11 is 0.